The van der Waals surface area contributed by atoms with Crippen molar-refractivity contribution in [1.82, 2.24) is 0 Å². The average molecular weight is 223 g/mol. The van der Waals surface area contributed by atoms with E-state index in [9.17, 15) is 0 Å². The van der Waals surface area contributed by atoms with Crippen LogP contribution < -0.4 is 11.1 Å². The minimum Gasteiger partial charge on any atom is -0.397 e. The fourth-order valence-corrected chi connectivity index (χ4v) is 1.97. The van der Waals surface area contributed by atoms with Crippen LogP contribution in [0.15, 0.2) is 30.4 Å². The summed E-state index contributed by atoms with van der Waals surface area (Å²) in [7, 11) is 0. The molecule has 0 saturated heterocycles. The maximum atomic E-state index is 5.92. The molecule has 1 unspecified atom stereocenters. The molecule has 0 fully saturated rings. The maximum absolute atomic E-state index is 5.92. The van der Waals surface area contributed by atoms with Crippen LogP contribution in [-0.2, 0) is 0 Å². The van der Waals surface area contributed by atoms with Gasteiger partial charge in [-0.3, -0.25) is 0 Å². The van der Waals surface area contributed by atoms with Gasteiger partial charge in [0, 0.05) is 11.1 Å². The van der Waals surface area contributed by atoms with Gasteiger partial charge in [-0.1, -0.05) is 23.8 Å². The Hall–Kier alpha value is -1.15. The van der Waals surface area contributed by atoms with E-state index in [2.05, 4.69) is 17.5 Å². The van der Waals surface area contributed by atoms with Crippen molar-refractivity contribution in [3.8, 4) is 0 Å². The Bertz CT molecular complexity index is 374. The van der Waals surface area contributed by atoms with Gasteiger partial charge >= 0.3 is 0 Å². The first kappa shape index (κ1) is 10.4. The summed E-state index contributed by atoms with van der Waals surface area (Å²) in [6.07, 6.45) is 7.79. The number of hydrogen-bond donors (Lipinski definition) is 2. The van der Waals surface area contributed by atoms with Gasteiger partial charge < -0.3 is 11.1 Å². The molecule has 1 atom stereocenters. The molecule has 0 heterocycles. The predicted molar refractivity (Wildman–Crippen MR) is 66.3 cm³/mol. The lowest BCUT2D eigenvalue weighted by atomic mass is 10.0. The van der Waals surface area contributed by atoms with Gasteiger partial charge in [-0.2, -0.15) is 0 Å². The van der Waals surface area contributed by atoms with Gasteiger partial charge in [-0.25, -0.2) is 0 Å². The minimum atomic E-state index is 0.482. The van der Waals surface area contributed by atoms with Gasteiger partial charge in [0.15, 0.2) is 0 Å². The van der Waals surface area contributed by atoms with Crippen molar-refractivity contribution in [2.75, 3.05) is 11.1 Å². The van der Waals surface area contributed by atoms with E-state index < -0.39 is 0 Å². The number of nitrogens with one attached hydrogen (secondary N) is 1. The van der Waals surface area contributed by atoms with Gasteiger partial charge in [0.05, 0.1) is 11.4 Å². The van der Waals surface area contributed by atoms with Crippen molar-refractivity contribution >= 4 is 23.0 Å². The topological polar surface area (TPSA) is 38.0 Å². The second kappa shape index (κ2) is 4.58. The van der Waals surface area contributed by atoms with Crippen LogP contribution in [0.2, 0.25) is 5.02 Å². The highest BCUT2D eigenvalue weighted by molar-refractivity contribution is 6.31. The third-order valence-electron chi connectivity index (χ3n) is 2.64. The molecule has 0 spiro atoms. The summed E-state index contributed by atoms with van der Waals surface area (Å²) in [5.41, 5.74) is 7.57. The lowest BCUT2D eigenvalue weighted by Crippen LogP contribution is -2.20. The molecule has 2 rings (SSSR count). The number of nitrogens with two attached hydrogens (primary N) is 1. The molecule has 2 nitrogen and oxygen atoms in total. The van der Waals surface area contributed by atoms with Crippen molar-refractivity contribution in [2.45, 2.75) is 25.3 Å². The molecule has 3 N–H and O–H groups in total. The van der Waals surface area contributed by atoms with Gasteiger partial charge in [-0.15, -0.1) is 0 Å². The van der Waals surface area contributed by atoms with Crippen molar-refractivity contribution in [1.29, 1.82) is 0 Å². The number of allylic oxidation sites excluding steroid dienone is 1. The Morgan fingerprint density at radius 2 is 2.20 bits per heavy atom. The average Bonchev–Trinajstić information content (AvgIpc) is 2.25. The van der Waals surface area contributed by atoms with Crippen LogP contribution >= 0.6 is 11.6 Å². The van der Waals surface area contributed by atoms with Crippen LogP contribution in [0.1, 0.15) is 19.3 Å². The Morgan fingerprint density at radius 1 is 1.33 bits per heavy atom. The highest BCUT2D eigenvalue weighted by Gasteiger charge is 2.10. The van der Waals surface area contributed by atoms with Crippen LogP contribution in [0.4, 0.5) is 11.4 Å². The summed E-state index contributed by atoms with van der Waals surface area (Å²) < 4.78 is 0. The van der Waals surface area contributed by atoms with E-state index in [1.54, 1.807) is 0 Å². The molecule has 0 aromatic heterocycles. The molecule has 0 radical (unpaired) electrons. The first-order valence-corrected chi connectivity index (χ1v) is 5.60. The number of benzene rings is 1. The summed E-state index contributed by atoms with van der Waals surface area (Å²) >= 11 is 5.92. The van der Waals surface area contributed by atoms with Crippen LogP contribution in [0, 0.1) is 0 Å². The van der Waals surface area contributed by atoms with Crippen LogP contribution in [0.25, 0.3) is 0 Å². The van der Waals surface area contributed by atoms with E-state index >= 15 is 0 Å². The third kappa shape index (κ3) is 2.66. The summed E-state index contributed by atoms with van der Waals surface area (Å²) in [5.74, 6) is 0. The van der Waals surface area contributed by atoms with Gasteiger partial charge in [0.2, 0.25) is 0 Å². The second-order valence-electron chi connectivity index (χ2n) is 3.86. The Labute approximate surface area is 95.1 Å². The van der Waals surface area contributed by atoms with E-state index in [4.69, 9.17) is 17.3 Å². The zero-order valence-corrected chi connectivity index (χ0v) is 9.30. The molecule has 3 heteroatoms. The lowest BCUT2D eigenvalue weighted by Gasteiger charge is -2.21. The first-order chi connectivity index (χ1) is 7.25. The summed E-state index contributed by atoms with van der Waals surface area (Å²) in [6, 6.07) is 6.01. The maximum Gasteiger partial charge on any atom is 0.0591 e. The quantitative estimate of drug-likeness (QED) is 0.594. The Morgan fingerprint density at radius 3 is 2.93 bits per heavy atom. The molecule has 0 aliphatic heterocycles. The van der Waals surface area contributed by atoms with Crippen molar-refractivity contribution < 1.29 is 0 Å². The number of halogens is 1. The molecule has 0 bridgehead atoms. The molecule has 0 saturated carbocycles. The van der Waals surface area contributed by atoms with Gasteiger partial charge in [0.25, 0.3) is 0 Å². The SMILES string of the molecule is Nc1ccc(Cl)cc1NC1CC=CCC1. The van der Waals surface area contributed by atoms with Gasteiger partial charge in [-0.05, 0) is 37.5 Å². The summed E-state index contributed by atoms with van der Waals surface area (Å²) in [4.78, 5) is 0. The van der Waals surface area contributed by atoms with E-state index in [0.717, 1.165) is 35.7 Å². The second-order valence-corrected chi connectivity index (χ2v) is 4.29. The van der Waals surface area contributed by atoms with E-state index in [-0.39, 0.29) is 0 Å². The third-order valence-corrected chi connectivity index (χ3v) is 2.88. The summed E-state index contributed by atoms with van der Waals surface area (Å²) in [6.45, 7) is 0. The number of rotatable bonds is 2. The fraction of sp³-hybridized carbons (Fsp3) is 0.333. The molecular formula is C12H15ClN2. The van der Waals surface area contributed by atoms with Crippen molar-refractivity contribution in [3.05, 3.63) is 35.4 Å². The molecule has 1 aromatic rings. The smallest absolute Gasteiger partial charge is 0.0591 e. The largest absolute Gasteiger partial charge is 0.397 e. The molecule has 1 aliphatic carbocycles. The Kier molecular flexibility index (Phi) is 3.17. The van der Waals surface area contributed by atoms with Crippen LogP contribution in [0.5, 0.6) is 0 Å². The van der Waals surface area contributed by atoms with E-state index in [1.807, 2.05) is 18.2 Å². The highest BCUT2D eigenvalue weighted by atomic mass is 35.5. The molecule has 1 aliphatic rings. The molecule has 0 amide bonds. The van der Waals surface area contributed by atoms with Crippen LogP contribution in [-0.4, -0.2) is 6.04 Å². The molecular weight excluding hydrogens is 208 g/mol. The zero-order valence-electron chi connectivity index (χ0n) is 8.54. The van der Waals surface area contributed by atoms with Gasteiger partial charge in [0.1, 0.15) is 0 Å². The zero-order chi connectivity index (χ0) is 10.7. The first-order valence-electron chi connectivity index (χ1n) is 5.22. The number of nitrogen functional groups attached to an aromatic ring is 1. The Balaban J connectivity index is 2.09. The van der Waals surface area contributed by atoms with E-state index in [0.29, 0.717) is 6.04 Å². The molecule has 80 valence electrons. The highest BCUT2D eigenvalue weighted by Crippen LogP contribution is 2.25. The lowest BCUT2D eigenvalue weighted by molar-refractivity contribution is 0.645. The molecule has 15 heavy (non-hydrogen) atoms. The predicted octanol–water partition coefficient (Wildman–Crippen LogP) is 3.44. The van der Waals surface area contributed by atoms with Crippen molar-refractivity contribution in [2.24, 2.45) is 0 Å². The fourth-order valence-electron chi connectivity index (χ4n) is 1.80. The number of anilines is 2. The standard InChI is InChI=1S/C12H15ClN2/c13-9-6-7-11(14)12(8-9)15-10-4-2-1-3-5-10/h1-2,6-8,10,15H,3-5,14H2. The monoisotopic (exact) mass is 222 g/mol. The number of hydrogen-bond acceptors (Lipinski definition) is 2. The van der Waals surface area contributed by atoms with Crippen molar-refractivity contribution in [3.63, 3.8) is 0 Å². The minimum absolute atomic E-state index is 0.482. The van der Waals surface area contributed by atoms with Crippen LogP contribution in [0.3, 0.4) is 0 Å². The normalized spacial score (nSPS) is 20.2. The molecule has 1 aromatic carbocycles. The summed E-state index contributed by atoms with van der Waals surface area (Å²) in [5, 5.41) is 4.15. The van der Waals surface area contributed by atoms with E-state index in [1.165, 1.54) is 0 Å².